The molecule has 1 saturated carbocycles. The van der Waals surface area contributed by atoms with Crippen LogP contribution in [0.5, 0.6) is 0 Å². The molecule has 0 aromatic heterocycles. The molecule has 0 amide bonds. The Morgan fingerprint density at radius 3 is 2.76 bits per heavy atom. The van der Waals surface area contributed by atoms with E-state index in [0.717, 1.165) is 12.1 Å². The second-order valence-corrected chi connectivity index (χ2v) is 4.86. The lowest BCUT2D eigenvalue weighted by Crippen LogP contribution is -2.28. The van der Waals surface area contributed by atoms with E-state index in [-0.39, 0.29) is 0 Å². The molecule has 1 N–H and O–H groups in total. The van der Waals surface area contributed by atoms with Gasteiger partial charge in [0.2, 0.25) is 0 Å². The Balaban J connectivity index is 2.02. The van der Waals surface area contributed by atoms with Gasteiger partial charge in [0.05, 0.1) is 5.56 Å². The van der Waals surface area contributed by atoms with E-state index < -0.39 is 5.97 Å². The van der Waals surface area contributed by atoms with Crippen molar-refractivity contribution in [3.63, 3.8) is 0 Å². The van der Waals surface area contributed by atoms with Gasteiger partial charge >= 0.3 is 5.97 Å². The van der Waals surface area contributed by atoms with E-state index >= 15 is 0 Å². The first-order valence-corrected chi connectivity index (χ1v) is 6.19. The zero-order valence-corrected chi connectivity index (χ0v) is 10.2. The third kappa shape index (κ3) is 3.07. The van der Waals surface area contributed by atoms with Crippen LogP contribution in [0.15, 0.2) is 24.3 Å². The zero-order valence-electron chi connectivity index (χ0n) is 10.2. The molecular weight excluding hydrogens is 214 g/mol. The SMILES string of the molecule is CN(Cc1cccc(C(=O)O)c1)C1CCCC1. The largest absolute Gasteiger partial charge is 0.478 e. The van der Waals surface area contributed by atoms with Gasteiger partial charge in [0.15, 0.2) is 0 Å². The Labute approximate surface area is 102 Å². The molecule has 3 heteroatoms. The lowest BCUT2D eigenvalue weighted by molar-refractivity contribution is 0.0696. The summed E-state index contributed by atoms with van der Waals surface area (Å²) in [6, 6.07) is 7.90. The summed E-state index contributed by atoms with van der Waals surface area (Å²) in [6.45, 7) is 0.839. The second-order valence-electron chi connectivity index (χ2n) is 4.86. The van der Waals surface area contributed by atoms with Crippen LogP contribution >= 0.6 is 0 Å². The van der Waals surface area contributed by atoms with Crippen LogP contribution in [-0.2, 0) is 6.54 Å². The molecule has 0 atom stereocenters. The Kier molecular flexibility index (Phi) is 3.79. The van der Waals surface area contributed by atoms with Crippen molar-refractivity contribution in [3.05, 3.63) is 35.4 Å². The summed E-state index contributed by atoms with van der Waals surface area (Å²) in [6.07, 6.45) is 5.19. The van der Waals surface area contributed by atoms with Gasteiger partial charge in [0, 0.05) is 12.6 Å². The Hall–Kier alpha value is -1.35. The molecule has 0 saturated heterocycles. The number of rotatable bonds is 4. The minimum atomic E-state index is -0.852. The molecule has 0 heterocycles. The van der Waals surface area contributed by atoms with Gasteiger partial charge in [-0.25, -0.2) is 4.79 Å². The minimum Gasteiger partial charge on any atom is -0.478 e. The first-order chi connectivity index (χ1) is 8.16. The number of nitrogens with zero attached hydrogens (tertiary/aromatic N) is 1. The molecule has 0 unspecified atom stereocenters. The summed E-state index contributed by atoms with van der Waals surface area (Å²) in [5, 5.41) is 8.94. The highest BCUT2D eigenvalue weighted by Gasteiger charge is 2.19. The third-order valence-corrected chi connectivity index (χ3v) is 3.55. The zero-order chi connectivity index (χ0) is 12.3. The fourth-order valence-electron chi connectivity index (χ4n) is 2.56. The highest BCUT2D eigenvalue weighted by atomic mass is 16.4. The van der Waals surface area contributed by atoms with Gasteiger partial charge in [-0.1, -0.05) is 25.0 Å². The van der Waals surface area contributed by atoms with Crippen LogP contribution in [-0.4, -0.2) is 29.1 Å². The topological polar surface area (TPSA) is 40.5 Å². The van der Waals surface area contributed by atoms with E-state index in [4.69, 9.17) is 5.11 Å². The average molecular weight is 233 g/mol. The van der Waals surface area contributed by atoms with E-state index in [1.807, 2.05) is 12.1 Å². The van der Waals surface area contributed by atoms with Crippen LogP contribution in [0.1, 0.15) is 41.6 Å². The van der Waals surface area contributed by atoms with Crippen molar-refractivity contribution in [1.82, 2.24) is 4.90 Å². The predicted molar refractivity (Wildman–Crippen MR) is 67.1 cm³/mol. The van der Waals surface area contributed by atoms with Crippen molar-refractivity contribution in [1.29, 1.82) is 0 Å². The van der Waals surface area contributed by atoms with Crippen LogP contribution in [0.2, 0.25) is 0 Å². The van der Waals surface area contributed by atoms with Crippen molar-refractivity contribution < 1.29 is 9.90 Å². The molecule has 17 heavy (non-hydrogen) atoms. The molecule has 0 aliphatic heterocycles. The molecule has 1 aliphatic carbocycles. The molecule has 92 valence electrons. The summed E-state index contributed by atoms with van der Waals surface area (Å²) in [4.78, 5) is 13.2. The molecule has 0 radical (unpaired) electrons. The highest BCUT2D eigenvalue weighted by Crippen LogP contribution is 2.23. The van der Waals surface area contributed by atoms with Crippen molar-refractivity contribution in [2.24, 2.45) is 0 Å². The average Bonchev–Trinajstić information content (AvgIpc) is 2.82. The lowest BCUT2D eigenvalue weighted by atomic mass is 10.1. The maximum absolute atomic E-state index is 10.9. The molecule has 0 bridgehead atoms. The summed E-state index contributed by atoms with van der Waals surface area (Å²) >= 11 is 0. The number of hydrogen-bond acceptors (Lipinski definition) is 2. The number of aromatic carboxylic acids is 1. The smallest absolute Gasteiger partial charge is 0.335 e. The van der Waals surface area contributed by atoms with Gasteiger partial charge < -0.3 is 5.11 Å². The van der Waals surface area contributed by atoms with Crippen molar-refractivity contribution >= 4 is 5.97 Å². The number of carboxylic acid groups (broad SMARTS) is 1. The Morgan fingerprint density at radius 1 is 1.41 bits per heavy atom. The van der Waals surface area contributed by atoms with Crippen LogP contribution in [0, 0.1) is 0 Å². The van der Waals surface area contributed by atoms with E-state index in [1.165, 1.54) is 25.7 Å². The van der Waals surface area contributed by atoms with Crippen molar-refractivity contribution in [3.8, 4) is 0 Å². The fraction of sp³-hybridized carbons (Fsp3) is 0.500. The number of carboxylic acids is 1. The van der Waals surface area contributed by atoms with Crippen molar-refractivity contribution in [2.45, 2.75) is 38.3 Å². The van der Waals surface area contributed by atoms with Gasteiger partial charge in [0.25, 0.3) is 0 Å². The summed E-state index contributed by atoms with van der Waals surface area (Å²) in [7, 11) is 2.13. The molecule has 1 aromatic carbocycles. The number of benzene rings is 1. The lowest BCUT2D eigenvalue weighted by Gasteiger charge is -2.24. The molecular formula is C14H19NO2. The van der Waals surface area contributed by atoms with Crippen LogP contribution in [0.4, 0.5) is 0 Å². The van der Waals surface area contributed by atoms with Crippen LogP contribution in [0.25, 0.3) is 0 Å². The van der Waals surface area contributed by atoms with Gasteiger partial charge in [-0.2, -0.15) is 0 Å². The monoisotopic (exact) mass is 233 g/mol. The summed E-state index contributed by atoms with van der Waals surface area (Å²) in [5.74, 6) is -0.852. The first kappa shape index (κ1) is 12.1. The van der Waals surface area contributed by atoms with E-state index in [1.54, 1.807) is 12.1 Å². The summed E-state index contributed by atoms with van der Waals surface area (Å²) < 4.78 is 0. The highest BCUT2D eigenvalue weighted by molar-refractivity contribution is 5.87. The number of carbonyl (C=O) groups is 1. The molecule has 3 nitrogen and oxygen atoms in total. The normalized spacial score (nSPS) is 16.6. The van der Waals surface area contributed by atoms with E-state index in [0.29, 0.717) is 11.6 Å². The van der Waals surface area contributed by atoms with Gasteiger partial charge in [0.1, 0.15) is 0 Å². The van der Waals surface area contributed by atoms with Gasteiger partial charge in [-0.05, 0) is 37.6 Å². The quantitative estimate of drug-likeness (QED) is 0.869. The van der Waals surface area contributed by atoms with Crippen LogP contribution in [0.3, 0.4) is 0 Å². The van der Waals surface area contributed by atoms with Gasteiger partial charge in [-0.15, -0.1) is 0 Å². The Morgan fingerprint density at radius 2 is 2.12 bits per heavy atom. The molecule has 1 aromatic rings. The third-order valence-electron chi connectivity index (χ3n) is 3.55. The van der Waals surface area contributed by atoms with Crippen molar-refractivity contribution in [2.75, 3.05) is 7.05 Å². The van der Waals surface area contributed by atoms with E-state index in [2.05, 4.69) is 11.9 Å². The molecule has 0 spiro atoms. The maximum atomic E-state index is 10.9. The fourth-order valence-corrected chi connectivity index (χ4v) is 2.56. The molecule has 2 rings (SSSR count). The predicted octanol–water partition coefficient (Wildman–Crippen LogP) is 2.76. The number of hydrogen-bond donors (Lipinski definition) is 1. The second kappa shape index (κ2) is 5.32. The maximum Gasteiger partial charge on any atom is 0.335 e. The first-order valence-electron chi connectivity index (χ1n) is 6.19. The Bertz CT molecular complexity index is 397. The van der Waals surface area contributed by atoms with E-state index in [9.17, 15) is 4.79 Å². The summed E-state index contributed by atoms with van der Waals surface area (Å²) in [5.41, 5.74) is 1.46. The molecule has 1 fully saturated rings. The van der Waals surface area contributed by atoms with Crippen LogP contribution < -0.4 is 0 Å². The van der Waals surface area contributed by atoms with Gasteiger partial charge in [-0.3, -0.25) is 4.90 Å². The standard InChI is InChI=1S/C14H19NO2/c1-15(13-7-2-3-8-13)10-11-5-4-6-12(9-11)14(16)17/h4-6,9,13H,2-3,7-8,10H2,1H3,(H,16,17). The minimum absolute atomic E-state index is 0.377. The molecule has 1 aliphatic rings.